The Balaban J connectivity index is 1.95. The maximum atomic E-state index is 12.8. The van der Waals surface area contributed by atoms with Crippen LogP contribution < -0.4 is 10.2 Å². The van der Waals surface area contributed by atoms with Crippen LogP contribution in [0, 0.1) is 6.92 Å². The number of amides is 1. The molecular weight excluding hydrogens is 304 g/mol. The van der Waals surface area contributed by atoms with Gasteiger partial charge in [0, 0.05) is 0 Å². The van der Waals surface area contributed by atoms with Crippen LogP contribution in [0.3, 0.4) is 0 Å². The van der Waals surface area contributed by atoms with Crippen molar-refractivity contribution in [2.24, 2.45) is 0 Å². The number of para-hydroxylation sites is 1. The van der Waals surface area contributed by atoms with E-state index in [9.17, 15) is 4.79 Å². The van der Waals surface area contributed by atoms with Crippen LogP contribution in [0.4, 0.5) is 5.69 Å². The molecule has 2 aromatic carbocycles. The average molecular weight is 322 g/mol. The van der Waals surface area contributed by atoms with Crippen molar-refractivity contribution in [1.82, 2.24) is 5.32 Å². The molecule has 1 aliphatic heterocycles. The zero-order chi connectivity index (χ0) is 16.4. The number of hydrogen-bond acceptors (Lipinski definition) is 2. The van der Waals surface area contributed by atoms with Gasteiger partial charge in [0.05, 0.1) is 5.69 Å². The van der Waals surface area contributed by atoms with E-state index in [4.69, 9.17) is 12.2 Å². The van der Waals surface area contributed by atoms with Crippen LogP contribution in [0.5, 0.6) is 0 Å². The number of thiocarbonyl (C=S) groups is 1. The van der Waals surface area contributed by atoms with Crippen molar-refractivity contribution in [3.05, 3.63) is 70.9 Å². The summed E-state index contributed by atoms with van der Waals surface area (Å²) in [4.78, 5) is 14.3. The summed E-state index contributed by atoms with van der Waals surface area (Å²) in [7, 11) is 0. The average Bonchev–Trinajstić information content (AvgIpc) is 2.83. The third kappa shape index (κ3) is 3.03. The maximum Gasteiger partial charge on any atom is 0.281 e. The van der Waals surface area contributed by atoms with Gasteiger partial charge in [-0.3, -0.25) is 9.69 Å². The van der Waals surface area contributed by atoms with Gasteiger partial charge in [0.25, 0.3) is 5.91 Å². The quantitative estimate of drug-likeness (QED) is 0.689. The summed E-state index contributed by atoms with van der Waals surface area (Å²) in [5, 5.41) is 3.46. The maximum absolute atomic E-state index is 12.8. The van der Waals surface area contributed by atoms with Gasteiger partial charge in [0.2, 0.25) is 0 Å². The molecule has 0 bridgehead atoms. The van der Waals surface area contributed by atoms with Crippen molar-refractivity contribution >= 4 is 35.0 Å². The molecule has 1 fully saturated rings. The fourth-order valence-electron chi connectivity index (χ4n) is 2.61. The van der Waals surface area contributed by atoms with Crippen molar-refractivity contribution in [2.75, 3.05) is 4.90 Å². The van der Waals surface area contributed by atoms with Crippen LogP contribution in [-0.2, 0) is 11.2 Å². The number of benzene rings is 2. The van der Waals surface area contributed by atoms with Crippen LogP contribution >= 0.6 is 12.2 Å². The molecule has 0 aliphatic carbocycles. The number of carbonyl (C=O) groups is 1. The predicted octanol–water partition coefficient (Wildman–Crippen LogP) is 3.82. The van der Waals surface area contributed by atoms with Gasteiger partial charge >= 0.3 is 0 Å². The molecule has 2 aromatic rings. The van der Waals surface area contributed by atoms with Crippen LogP contribution in [0.15, 0.2) is 54.2 Å². The zero-order valence-electron chi connectivity index (χ0n) is 13.2. The first-order valence-corrected chi connectivity index (χ1v) is 8.02. The third-order valence-corrected chi connectivity index (χ3v) is 4.16. The standard InChI is InChI=1S/C19H18N2OS/c1-3-15-6-4-5-7-17(15)21-18(22)16(20-19(21)23)12-14-10-8-13(2)9-11-14/h4-12H,3H2,1-2H3,(H,20,23)/b16-12+. The summed E-state index contributed by atoms with van der Waals surface area (Å²) in [6, 6.07) is 15.9. The van der Waals surface area contributed by atoms with Crippen LogP contribution in [0.1, 0.15) is 23.6 Å². The Bertz CT molecular complexity index is 793. The fraction of sp³-hybridized carbons (Fsp3) is 0.158. The highest BCUT2D eigenvalue weighted by Gasteiger charge is 2.32. The molecule has 0 spiro atoms. The summed E-state index contributed by atoms with van der Waals surface area (Å²) in [5.41, 5.74) is 4.61. The lowest BCUT2D eigenvalue weighted by atomic mass is 10.1. The second-order valence-electron chi connectivity index (χ2n) is 5.52. The van der Waals surface area contributed by atoms with Gasteiger partial charge in [0.15, 0.2) is 5.11 Å². The summed E-state index contributed by atoms with van der Waals surface area (Å²) in [5.74, 6) is -0.114. The number of hydrogen-bond donors (Lipinski definition) is 1. The Labute approximate surface area is 141 Å². The number of anilines is 1. The van der Waals surface area contributed by atoms with Crippen LogP contribution in [-0.4, -0.2) is 11.0 Å². The van der Waals surface area contributed by atoms with Gasteiger partial charge < -0.3 is 5.32 Å². The highest BCUT2D eigenvalue weighted by molar-refractivity contribution is 7.80. The van der Waals surface area contributed by atoms with Crippen LogP contribution in [0.2, 0.25) is 0 Å². The number of nitrogens with zero attached hydrogens (tertiary/aromatic N) is 1. The van der Waals surface area contributed by atoms with Crippen molar-refractivity contribution in [1.29, 1.82) is 0 Å². The van der Waals surface area contributed by atoms with E-state index in [0.29, 0.717) is 10.8 Å². The van der Waals surface area contributed by atoms with Gasteiger partial charge in [-0.1, -0.05) is 55.0 Å². The predicted molar refractivity (Wildman–Crippen MR) is 98.2 cm³/mol. The van der Waals surface area contributed by atoms with Crippen molar-refractivity contribution < 1.29 is 4.79 Å². The van der Waals surface area contributed by atoms with Gasteiger partial charge in [-0.25, -0.2) is 0 Å². The smallest absolute Gasteiger partial charge is 0.281 e. The normalized spacial score (nSPS) is 16.1. The zero-order valence-corrected chi connectivity index (χ0v) is 14.0. The topological polar surface area (TPSA) is 32.3 Å². The summed E-state index contributed by atoms with van der Waals surface area (Å²) >= 11 is 5.37. The van der Waals surface area contributed by atoms with E-state index in [1.165, 1.54) is 5.56 Å². The van der Waals surface area contributed by atoms with E-state index >= 15 is 0 Å². The van der Waals surface area contributed by atoms with Crippen molar-refractivity contribution in [3.63, 3.8) is 0 Å². The van der Waals surface area contributed by atoms with E-state index in [1.807, 2.05) is 61.5 Å². The number of carbonyl (C=O) groups excluding carboxylic acids is 1. The molecule has 3 nitrogen and oxygen atoms in total. The van der Waals surface area contributed by atoms with E-state index in [0.717, 1.165) is 23.2 Å². The van der Waals surface area contributed by atoms with E-state index < -0.39 is 0 Å². The molecule has 1 amide bonds. The number of nitrogens with one attached hydrogen (secondary N) is 1. The number of rotatable bonds is 3. The Kier molecular flexibility index (Phi) is 4.26. The van der Waals surface area contributed by atoms with Gasteiger partial charge in [-0.05, 0) is 48.8 Å². The SMILES string of the molecule is CCc1ccccc1N1C(=O)/C(=C\c2ccc(C)cc2)NC1=S. The second kappa shape index (κ2) is 6.34. The highest BCUT2D eigenvalue weighted by Crippen LogP contribution is 2.26. The summed E-state index contributed by atoms with van der Waals surface area (Å²) < 4.78 is 0. The van der Waals surface area contributed by atoms with Crippen LogP contribution in [0.25, 0.3) is 6.08 Å². The molecule has 1 heterocycles. The molecule has 3 rings (SSSR count). The fourth-order valence-corrected chi connectivity index (χ4v) is 2.90. The Morgan fingerprint density at radius 1 is 1.13 bits per heavy atom. The largest absolute Gasteiger partial charge is 0.327 e. The van der Waals surface area contributed by atoms with Gasteiger partial charge in [-0.2, -0.15) is 0 Å². The molecule has 1 saturated heterocycles. The molecule has 1 aliphatic rings. The first-order chi connectivity index (χ1) is 11.1. The van der Waals surface area contributed by atoms with E-state index in [2.05, 4.69) is 12.2 Å². The Morgan fingerprint density at radius 3 is 2.52 bits per heavy atom. The first kappa shape index (κ1) is 15.4. The Hall–Kier alpha value is -2.46. The van der Waals surface area contributed by atoms with Gasteiger partial charge in [0.1, 0.15) is 5.70 Å². The molecular formula is C19H18N2OS. The van der Waals surface area contributed by atoms with Crippen molar-refractivity contribution in [3.8, 4) is 0 Å². The number of aryl methyl sites for hydroxylation is 2. The molecule has 4 heteroatoms. The molecule has 0 unspecified atom stereocenters. The Morgan fingerprint density at radius 2 is 1.83 bits per heavy atom. The molecule has 23 heavy (non-hydrogen) atoms. The van der Waals surface area contributed by atoms with E-state index in [1.54, 1.807) is 4.90 Å². The molecule has 0 radical (unpaired) electrons. The summed E-state index contributed by atoms with van der Waals surface area (Å²) in [6.45, 7) is 4.10. The highest BCUT2D eigenvalue weighted by atomic mass is 32.1. The minimum absolute atomic E-state index is 0.114. The summed E-state index contributed by atoms with van der Waals surface area (Å²) in [6.07, 6.45) is 2.68. The lowest BCUT2D eigenvalue weighted by Gasteiger charge is -2.17. The molecule has 0 atom stereocenters. The monoisotopic (exact) mass is 322 g/mol. The van der Waals surface area contributed by atoms with E-state index in [-0.39, 0.29) is 5.91 Å². The lowest BCUT2D eigenvalue weighted by Crippen LogP contribution is -2.31. The first-order valence-electron chi connectivity index (χ1n) is 7.62. The minimum Gasteiger partial charge on any atom is -0.327 e. The third-order valence-electron chi connectivity index (χ3n) is 3.88. The lowest BCUT2D eigenvalue weighted by molar-refractivity contribution is -0.113. The van der Waals surface area contributed by atoms with Crippen molar-refractivity contribution in [2.45, 2.75) is 20.3 Å². The molecule has 1 N–H and O–H groups in total. The van der Waals surface area contributed by atoms with Gasteiger partial charge in [-0.15, -0.1) is 0 Å². The molecule has 116 valence electrons. The second-order valence-corrected chi connectivity index (χ2v) is 5.91. The molecule has 0 saturated carbocycles. The minimum atomic E-state index is -0.114. The molecule has 0 aromatic heterocycles.